The molecule has 0 bridgehead atoms. The molecule has 0 spiro atoms. The molecule has 0 saturated heterocycles. The van der Waals surface area contributed by atoms with E-state index in [2.05, 4.69) is 5.32 Å². The molecular weight excluding hydrogens is 347 g/mol. The smallest absolute Gasteiger partial charge is 0.262 e. The van der Waals surface area contributed by atoms with Gasteiger partial charge in [0.05, 0.1) is 0 Å². The average molecular weight is 368 g/mol. The summed E-state index contributed by atoms with van der Waals surface area (Å²) in [6.07, 6.45) is 2.85. The van der Waals surface area contributed by atoms with Crippen molar-refractivity contribution in [3.63, 3.8) is 0 Å². The SMILES string of the molecule is O=C(COc1cccc(F)c1)Nc1ccc2c(c1)CN(C(=O)C1CC1)CC2. The van der Waals surface area contributed by atoms with E-state index in [0.29, 0.717) is 18.0 Å². The van der Waals surface area contributed by atoms with Gasteiger partial charge < -0.3 is 15.0 Å². The first-order valence-corrected chi connectivity index (χ1v) is 9.17. The van der Waals surface area contributed by atoms with E-state index < -0.39 is 5.82 Å². The molecule has 1 aliphatic heterocycles. The molecule has 0 unspecified atom stereocenters. The second-order valence-electron chi connectivity index (χ2n) is 7.06. The third-order valence-electron chi connectivity index (χ3n) is 4.91. The Morgan fingerprint density at radius 2 is 2.00 bits per heavy atom. The van der Waals surface area contributed by atoms with E-state index in [4.69, 9.17) is 4.74 Å². The van der Waals surface area contributed by atoms with Gasteiger partial charge in [-0.1, -0.05) is 12.1 Å². The molecule has 1 fully saturated rings. The van der Waals surface area contributed by atoms with Gasteiger partial charge in [0.25, 0.3) is 5.91 Å². The van der Waals surface area contributed by atoms with Crippen LogP contribution >= 0.6 is 0 Å². The van der Waals surface area contributed by atoms with Crippen molar-refractivity contribution < 1.29 is 18.7 Å². The first-order valence-electron chi connectivity index (χ1n) is 9.17. The molecule has 140 valence electrons. The molecule has 27 heavy (non-hydrogen) atoms. The fourth-order valence-electron chi connectivity index (χ4n) is 3.31. The van der Waals surface area contributed by atoms with Gasteiger partial charge in [0.2, 0.25) is 5.91 Å². The number of nitrogens with zero attached hydrogens (tertiary/aromatic N) is 1. The number of ether oxygens (including phenoxy) is 1. The van der Waals surface area contributed by atoms with Crippen LogP contribution < -0.4 is 10.1 Å². The molecule has 2 aromatic carbocycles. The van der Waals surface area contributed by atoms with E-state index in [9.17, 15) is 14.0 Å². The number of benzene rings is 2. The highest BCUT2D eigenvalue weighted by Gasteiger charge is 2.34. The van der Waals surface area contributed by atoms with Crippen molar-refractivity contribution in [2.45, 2.75) is 25.8 Å². The Balaban J connectivity index is 1.36. The fraction of sp³-hybridized carbons (Fsp3) is 0.333. The molecule has 4 rings (SSSR count). The van der Waals surface area contributed by atoms with Gasteiger partial charge in [0, 0.05) is 30.8 Å². The van der Waals surface area contributed by atoms with Crippen molar-refractivity contribution in [2.75, 3.05) is 18.5 Å². The Morgan fingerprint density at radius 3 is 2.78 bits per heavy atom. The van der Waals surface area contributed by atoms with Crippen LogP contribution in [0.2, 0.25) is 0 Å². The third-order valence-corrected chi connectivity index (χ3v) is 4.91. The summed E-state index contributed by atoms with van der Waals surface area (Å²) >= 11 is 0. The summed E-state index contributed by atoms with van der Waals surface area (Å²) in [6.45, 7) is 1.15. The number of halogens is 1. The van der Waals surface area contributed by atoms with Crippen molar-refractivity contribution >= 4 is 17.5 Å². The second-order valence-corrected chi connectivity index (χ2v) is 7.06. The molecule has 0 radical (unpaired) electrons. The number of amides is 2. The lowest BCUT2D eigenvalue weighted by Crippen LogP contribution is -2.36. The molecule has 6 heteroatoms. The average Bonchev–Trinajstić information content (AvgIpc) is 3.50. The Kier molecular flexibility index (Phi) is 4.79. The van der Waals surface area contributed by atoms with E-state index in [1.54, 1.807) is 6.07 Å². The van der Waals surface area contributed by atoms with E-state index in [1.165, 1.54) is 23.8 Å². The van der Waals surface area contributed by atoms with Crippen LogP contribution in [0.25, 0.3) is 0 Å². The Labute approximate surface area is 157 Å². The molecule has 2 amide bonds. The third kappa shape index (κ3) is 4.27. The molecule has 2 aliphatic rings. The zero-order valence-corrected chi connectivity index (χ0v) is 14.9. The van der Waals surface area contributed by atoms with Crippen molar-refractivity contribution in [1.82, 2.24) is 4.90 Å². The van der Waals surface area contributed by atoms with Crippen molar-refractivity contribution in [3.8, 4) is 5.75 Å². The lowest BCUT2D eigenvalue weighted by Gasteiger charge is -2.29. The molecule has 5 nitrogen and oxygen atoms in total. The summed E-state index contributed by atoms with van der Waals surface area (Å²) in [4.78, 5) is 26.3. The minimum atomic E-state index is -0.409. The summed E-state index contributed by atoms with van der Waals surface area (Å²) in [5.41, 5.74) is 2.95. The zero-order valence-electron chi connectivity index (χ0n) is 14.9. The van der Waals surface area contributed by atoms with Crippen LogP contribution in [0.1, 0.15) is 24.0 Å². The first-order chi connectivity index (χ1) is 13.1. The van der Waals surface area contributed by atoms with E-state index in [1.807, 2.05) is 23.1 Å². The predicted octanol–water partition coefficient (Wildman–Crippen LogP) is 3.14. The van der Waals surface area contributed by atoms with E-state index in [-0.39, 0.29) is 24.3 Å². The topological polar surface area (TPSA) is 58.6 Å². The molecule has 1 N–H and O–H groups in total. The molecule has 0 atom stereocenters. The molecule has 0 aromatic heterocycles. The second kappa shape index (κ2) is 7.39. The maximum Gasteiger partial charge on any atom is 0.262 e. The number of anilines is 1. The highest BCUT2D eigenvalue weighted by atomic mass is 19.1. The standard InChI is InChI=1S/C21H21FN2O3/c22-17-2-1-3-19(11-17)27-13-20(25)23-18-7-6-14-8-9-24(12-16(14)10-18)21(26)15-4-5-15/h1-3,6-7,10-11,15H,4-5,8-9,12-13H2,(H,23,25). The van der Waals surface area contributed by atoms with Crippen molar-refractivity contribution in [3.05, 3.63) is 59.4 Å². The largest absolute Gasteiger partial charge is 0.484 e. The van der Waals surface area contributed by atoms with Gasteiger partial charge in [-0.05, 0) is 54.7 Å². The van der Waals surface area contributed by atoms with Crippen LogP contribution in [-0.4, -0.2) is 29.9 Å². The van der Waals surface area contributed by atoms with E-state index >= 15 is 0 Å². The summed E-state index contributed by atoms with van der Waals surface area (Å²) in [5.74, 6) is 0.0478. The van der Waals surface area contributed by atoms with Gasteiger partial charge in [0.1, 0.15) is 11.6 Å². The van der Waals surface area contributed by atoms with Crippen LogP contribution in [-0.2, 0) is 22.6 Å². The molecular formula is C21H21FN2O3. The lowest BCUT2D eigenvalue weighted by atomic mass is 9.98. The van der Waals surface area contributed by atoms with Gasteiger partial charge in [-0.2, -0.15) is 0 Å². The van der Waals surface area contributed by atoms with Crippen LogP contribution in [0, 0.1) is 11.7 Å². The van der Waals surface area contributed by atoms with Crippen molar-refractivity contribution in [2.24, 2.45) is 5.92 Å². The summed E-state index contributed by atoms with van der Waals surface area (Å²) in [5, 5.41) is 2.79. The minimum absolute atomic E-state index is 0.202. The number of carbonyl (C=O) groups excluding carboxylic acids is 2. The van der Waals surface area contributed by atoms with Crippen LogP contribution in [0.5, 0.6) is 5.75 Å². The van der Waals surface area contributed by atoms with Crippen LogP contribution in [0.4, 0.5) is 10.1 Å². The van der Waals surface area contributed by atoms with Crippen LogP contribution in [0.3, 0.4) is 0 Å². The summed E-state index contributed by atoms with van der Waals surface area (Å²) in [7, 11) is 0. The highest BCUT2D eigenvalue weighted by Crippen LogP contribution is 2.33. The number of carbonyl (C=O) groups is 2. The normalized spacial score (nSPS) is 15.8. The van der Waals surface area contributed by atoms with E-state index in [0.717, 1.165) is 31.4 Å². The quantitative estimate of drug-likeness (QED) is 0.882. The van der Waals surface area contributed by atoms with Crippen molar-refractivity contribution in [1.29, 1.82) is 0 Å². The lowest BCUT2D eigenvalue weighted by molar-refractivity contribution is -0.133. The van der Waals surface area contributed by atoms with Gasteiger partial charge >= 0.3 is 0 Å². The predicted molar refractivity (Wildman–Crippen MR) is 98.8 cm³/mol. The fourth-order valence-corrected chi connectivity index (χ4v) is 3.31. The number of rotatable bonds is 5. The Bertz CT molecular complexity index is 879. The molecule has 1 saturated carbocycles. The molecule has 1 aliphatic carbocycles. The maximum absolute atomic E-state index is 13.1. The Morgan fingerprint density at radius 1 is 1.15 bits per heavy atom. The summed E-state index contributed by atoms with van der Waals surface area (Å²) < 4.78 is 18.4. The molecule has 1 heterocycles. The number of hydrogen-bond acceptors (Lipinski definition) is 3. The number of hydrogen-bond donors (Lipinski definition) is 1. The van der Waals surface area contributed by atoms with Gasteiger partial charge in [-0.25, -0.2) is 4.39 Å². The molecule has 2 aromatic rings. The monoisotopic (exact) mass is 368 g/mol. The van der Waals surface area contributed by atoms with Gasteiger partial charge in [-0.15, -0.1) is 0 Å². The maximum atomic E-state index is 13.1. The van der Waals surface area contributed by atoms with Gasteiger partial charge in [-0.3, -0.25) is 9.59 Å². The minimum Gasteiger partial charge on any atom is -0.484 e. The Hall–Kier alpha value is -2.89. The summed E-state index contributed by atoms with van der Waals surface area (Å²) in [6, 6.07) is 11.5. The number of nitrogens with one attached hydrogen (secondary N) is 1. The number of fused-ring (bicyclic) bond motifs is 1. The van der Waals surface area contributed by atoms with Crippen LogP contribution in [0.15, 0.2) is 42.5 Å². The first kappa shape index (κ1) is 17.5. The highest BCUT2D eigenvalue weighted by molar-refractivity contribution is 5.92. The van der Waals surface area contributed by atoms with Gasteiger partial charge in [0.15, 0.2) is 6.61 Å². The zero-order chi connectivity index (χ0) is 18.8.